The van der Waals surface area contributed by atoms with E-state index in [0.717, 1.165) is 12.1 Å². The molecule has 3 heterocycles. The van der Waals surface area contributed by atoms with Gasteiger partial charge < -0.3 is 9.64 Å². The van der Waals surface area contributed by atoms with Crippen LogP contribution in [0, 0.1) is 0 Å². The fourth-order valence-electron chi connectivity index (χ4n) is 2.54. The molecule has 0 saturated carbocycles. The molecule has 0 bridgehead atoms. The van der Waals surface area contributed by atoms with Gasteiger partial charge in [-0.1, -0.05) is 0 Å². The zero-order valence-electron chi connectivity index (χ0n) is 13.3. The Morgan fingerprint density at radius 2 is 2.17 bits per heavy atom. The van der Waals surface area contributed by atoms with E-state index in [-0.39, 0.29) is 12.1 Å². The Kier molecular flexibility index (Phi) is 4.52. The Labute approximate surface area is 134 Å². The molecule has 1 aliphatic heterocycles. The van der Waals surface area contributed by atoms with E-state index in [1.807, 2.05) is 26.1 Å². The maximum absolute atomic E-state index is 12.4. The number of rotatable bonds is 2. The summed E-state index contributed by atoms with van der Waals surface area (Å²) in [5.41, 5.74) is 1.58. The van der Waals surface area contributed by atoms with Gasteiger partial charge in [-0.05, 0) is 31.5 Å². The monoisotopic (exact) mass is 316 g/mol. The van der Waals surface area contributed by atoms with Gasteiger partial charge in [0.1, 0.15) is 5.69 Å². The van der Waals surface area contributed by atoms with Gasteiger partial charge in [-0.3, -0.25) is 10.00 Å². The molecule has 1 unspecified atom stereocenters. The van der Waals surface area contributed by atoms with Gasteiger partial charge in [0.2, 0.25) is 0 Å². The molecule has 0 aromatic carbocycles. The highest BCUT2D eigenvalue weighted by Gasteiger charge is 2.22. The van der Waals surface area contributed by atoms with Crippen LogP contribution >= 0.6 is 0 Å². The normalized spacial score (nSPS) is 18.5. The minimum Gasteiger partial charge on any atom is -0.380 e. The second-order valence-electron chi connectivity index (χ2n) is 5.52. The van der Waals surface area contributed by atoms with Crippen LogP contribution in [-0.4, -0.2) is 56.7 Å². The van der Waals surface area contributed by atoms with Crippen molar-refractivity contribution in [1.29, 1.82) is 0 Å². The number of hydrogen-bond donors (Lipinski definition) is 1. The summed E-state index contributed by atoms with van der Waals surface area (Å²) in [7, 11) is 1.84. The number of aryl methyl sites for hydroxylation is 1. The van der Waals surface area contributed by atoms with Crippen molar-refractivity contribution in [3.05, 3.63) is 24.4 Å². The molecular formula is C15H20N6O2. The average molecular weight is 316 g/mol. The van der Waals surface area contributed by atoms with E-state index in [1.54, 1.807) is 21.8 Å². The van der Waals surface area contributed by atoms with E-state index < -0.39 is 0 Å². The van der Waals surface area contributed by atoms with E-state index >= 15 is 0 Å². The van der Waals surface area contributed by atoms with Gasteiger partial charge >= 0.3 is 6.03 Å². The van der Waals surface area contributed by atoms with Crippen molar-refractivity contribution in [2.24, 2.45) is 7.05 Å². The van der Waals surface area contributed by atoms with Crippen molar-refractivity contribution in [2.45, 2.75) is 19.4 Å². The number of carbonyl (C=O) groups is 1. The lowest BCUT2D eigenvalue weighted by Crippen LogP contribution is -2.42. The molecule has 23 heavy (non-hydrogen) atoms. The van der Waals surface area contributed by atoms with Gasteiger partial charge in [-0.15, -0.1) is 10.2 Å². The highest BCUT2D eigenvalue weighted by Crippen LogP contribution is 2.16. The van der Waals surface area contributed by atoms with Crippen molar-refractivity contribution in [1.82, 2.24) is 24.9 Å². The van der Waals surface area contributed by atoms with Gasteiger partial charge in [-0.2, -0.15) is 5.10 Å². The van der Waals surface area contributed by atoms with Crippen molar-refractivity contribution < 1.29 is 9.53 Å². The first-order chi connectivity index (χ1) is 11.1. The van der Waals surface area contributed by atoms with Gasteiger partial charge in [0.25, 0.3) is 0 Å². The van der Waals surface area contributed by atoms with Crippen LogP contribution in [0.15, 0.2) is 24.4 Å². The number of anilines is 1. The third kappa shape index (κ3) is 3.48. The minimum atomic E-state index is -0.175. The number of ether oxygens (including phenoxy) is 1. The van der Waals surface area contributed by atoms with Crippen molar-refractivity contribution >= 4 is 11.8 Å². The summed E-state index contributed by atoms with van der Waals surface area (Å²) in [5.74, 6) is 0.429. The lowest BCUT2D eigenvalue weighted by Gasteiger charge is -2.26. The lowest BCUT2D eigenvalue weighted by molar-refractivity contribution is 0.143. The molecule has 0 spiro atoms. The van der Waals surface area contributed by atoms with Crippen LogP contribution < -0.4 is 5.32 Å². The Balaban J connectivity index is 1.68. The maximum Gasteiger partial charge on any atom is 0.323 e. The molecule has 2 aromatic rings. The Morgan fingerprint density at radius 1 is 1.30 bits per heavy atom. The third-order valence-electron chi connectivity index (χ3n) is 3.93. The average Bonchev–Trinajstić information content (AvgIpc) is 2.85. The fraction of sp³-hybridized carbons (Fsp3) is 0.467. The molecule has 2 aromatic heterocycles. The predicted octanol–water partition coefficient (Wildman–Crippen LogP) is 1.52. The molecule has 8 heteroatoms. The summed E-state index contributed by atoms with van der Waals surface area (Å²) >= 11 is 0. The third-order valence-corrected chi connectivity index (χ3v) is 3.93. The molecule has 0 aliphatic carbocycles. The molecule has 8 nitrogen and oxygen atoms in total. The summed E-state index contributed by atoms with van der Waals surface area (Å²) < 4.78 is 7.13. The smallest absolute Gasteiger partial charge is 0.323 e. The highest BCUT2D eigenvalue weighted by molar-refractivity contribution is 5.88. The van der Waals surface area contributed by atoms with Crippen molar-refractivity contribution in [3.63, 3.8) is 0 Å². The first-order valence-corrected chi connectivity index (χ1v) is 7.62. The fourth-order valence-corrected chi connectivity index (χ4v) is 2.54. The molecule has 2 amide bonds. The molecule has 1 N–H and O–H groups in total. The Hall–Kier alpha value is -2.48. The molecule has 3 rings (SSSR count). The zero-order chi connectivity index (χ0) is 16.2. The van der Waals surface area contributed by atoms with Gasteiger partial charge in [0, 0.05) is 32.4 Å². The number of hydrogen-bond acceptors (Lipinski definition) is 5. The number of nitrogens with zero attached hydrogens (tertiary/aromatic N) is 5. The summed E-state index contributed by atoms with van der Waals surface area (Å²) in [6.45, 7) is 3.84. The standard InChI is InChI=1S/C15H20N6O2/c1-11-6-9-23-10-8-21(11)15(22)17-14-4-3-12(18-19-14)13-5-7-16-20(13)2/h3-5,7,11H,6,8-10H2,1-2H3,(H,17,19,22). The summed E-state index contributed by atoms with van der Waals surface area (Å²) in [6.07, 6.45) is 2.54. The topological polar surface area (TPSA) is 85.2 Å². The van der Waals surface area contributed by atoms with Crippen molar-refractivity contribution in [2.75, 3.05) is 25.1 Å². The quantitative estimate of drug-likeness (QED) is 0.908. The van der Waals surface area contributed by atoms with Crippen LogP contribution in [-0.2, 0) is 11.8 Å². The van der Waals surface area contributed by atoms with Gasteiger partial charge in [0.05, 0.1) is 12.3 Å². The van der Waals surface area contributed by atoms with Crippen LogP contribution in [0.5, 0.6) is 0 Å². The van der Waals surface area contributed by atoms with E-state index in [0.29, 0.717) is 31.3 Å². The van der Waals surface area contributed by atoms with Crippen LogP contribution in [0.25, 0.3) is 11.4 Å². The van der Waals surface area contributed by atoms with E-state index in [1.165, 1.54) is 0 Å². The second kappa shape index (κ2) is 6.74. The molecule has 0 radical (unpaired) electrons. The predicted molar refractivity (Wildman–Crippen MR) is 84.9 cm³/mol. The van der Waals surface area contributed by atoms with E-state index in [2.05, 4.69) is 20.6 Å². The van der Waals surface area contributed by atoms with E-state index in [4.69, 9.17) is 4.74 Å². The molecule has 1 atom stereocenters. The molecule has 1 fully saturated rings. The Morgan fingerprint density at radius 3 is 2.87 bits per heavy atom. The summed E-state index contributed by atoms with van der Waals surface area (Å²) in [4.78, 5) is 14.1. The molecule has 1 saturated heterocycles. The largest absolute Gasteiger partial charge is 0.380 e. The molecule has 1 aliphatic rings. The zero-order valence-corrected chi connectivity index (χ0v) is 13.3. The lowest BCUT2D eigenvalue weighted by atomic mass is 10.2. The number of aromatic nitrogens is 4. The first-order valence-electron chi connectivity index (χ1n) is 7.62. The second-order valence-corrected chi connectivity index (χ2v) is 5.52. The highest BCUT2D eigenvalue weighted by atomic mass is 16.5. The molecule has 122 valence electrons. The maximum atomic E-state index is 12.4. The van der Waals surface area contributed by atoms with E-state index in [9.17, 15) is 4.79 Å². The summed E-state index contributed by atoms with van der Waals surface area (Å²) in [6, 6.07) is 5.38. The van der Waals surface area contributed by atoms with Crippen molar-refractivity contribution in [3.8, 4) is 11.4 Å². The molecular weight excluding hydrogens is 296 g/mol. The number of carbonyl (C=O) groups excluding carboxylic acids is 1. The van der Waals surface area contributed by atoms with Gasteiger partial charge in [0.15, 0.2) is 5.82 Å². The number of urea groups is 1. The van der Waals surface area contributed by atoms with Gasteiger partial charge in [-0.25, -0.2) is 4.79 Å². The number of nitrogens with one attached hydrogen (secondary N) is 1. The first kappa shape index (κ1) is 15.4. The van der Waals surface area contributed by atoms with Crippen LogP contribution in [0.3, 0.4) is 0 Å². The van der Waals surface area contributed by atoms with Crippen LogP contribution in [0.2, 0.25) is 0 Å². The summed E-state index contributed by atoms with van der Waals surface area (Å²) in [5, 5.41) is 15.1. The van der Waals surface area contributed by atoms with Crippen LogP contribution in [0.4, 0.5) is 10.6 Å². The van der Waals surface area contributed by atoms with Crippen LogP contribution in [0.1, 0.15) is 13.3 Å². The Bertz CT molecular complexity index is 669. The SMILES string of the molecule is CC1CCOCCN1C(=O)Nc1ccc(-c2ccnn2C)nn1. The minimum absolute atomic E-state index is 0.138. The number of amides is 2.